The number of esters is 1. The predicted octanol–water partition coefficient (Wildman–Crippen LogP) is 2.22. The maximum atomic E-state index is 12.6. The van der Waals surface area contributed by atoms with Crippen molar-refractivity contribution < 1.29 is 22.7 Å². The van der Waals surface area contributed by atoms with Gasteiger partial charge in [0.05, 0.1) is 15.5 Å². The van der Waals surface area contributed by atoms with Crippen LogP contribution < -0.4 is 5.32 Å². The average Bonchev–Trinajstić information content (AvgIpc) is 2.58. The van der Waals surface area contributed by atoms with Gasteiger partial charge in [0.25, 0.3) is 5.91 Å². The van der Waals surface area contributed by atoms with Gasteiger partial charge in [-0.2, -0.15) is 4.31 Å². The van der Waals surface area contributed by atoms with Gasteiger partial charge in [-0.3, -0.25) is 4.79 Å². The molecule has 0 aliphatic heterocycles. The molecule has 0 bridgehead atoms. The maximum absolute atomic E-state index is 12.6. The van der Waals surface area contributed by atoms with E-state index in [0.717, 1.165) is 6.07 Å². The number of ether oxygens (including phenoxy) is 1. The molecular weight excluding hydrogens is 380 g/mol. The van der Waals surface area contributed by atoms with E-state index < -0.39 is 28.0 Å². The maximum Gasteiger partial charge on any atom is 0.340 e. The molecule has 1 N–H and O–H groups in total. The van der Waals surface area contributed by atoms with Crippen molar-refractivity contribution in [1.29, 1.82) is 0 Å². The molecule has 0 saturated carbocycles. The Bertz CT molecular complexity index is 792. The van der Waals surface area contributed by atoms with E-state index in [4.69, 9.17) is 16.3 Å². The molecule has 1 aromatic carbocycles. The molecule has 0 fully saturated rings. The largest absolute Gasteiger partial charge is 0.449 e. The second kappa shape index (κ2) is 9.16. The molecule has 0 aromatic heterocycles. The van der Waals surface area contributed by atoms with Crippen LogP contribution in [0.2, 0.25) is 5.02 Å². The Hall–Kier alpha value is -1.90. The molecule has 0 saturated heterocycles. The molecule has 9 heteroatoms. The Morgan fingerprint density at radius 3 is 2.50 bits per heavy atom. The summed E-state index contributed by atoms with van der Waals surface area (Å²) in [6, 6.07) is 3.50. The summed E-state index contributed by atoms with van der Waals surface area (Å²) < 4.78 is 31.4. The van der Waals surface area contributed by atoms with Crippen molar-refractivity contribution in [2.75, 3.05) is 13.6 Å². The smallest absolute Gasteiger partial charge is 0.340 e. The second-order valence-electron chi connectivity index (χ2n) is 5.84. The van der Waals surface area contributed by atoms with Crippen molar-refractivity contribution >= 4 is 33.5 Å². The summed E-state index contributed by atoms with van der Waals surface area (Å²) in [6.07, 6.45) is 0.417. The van der Waals surface area contributed by atoms with Gasteiger partial charge in [-0.25, -0.2) is 13.2 Å². The second-order valence-corrected chi connectivity index (χ2v) is 8.24. The first-order valence-electron chi connectivity index (χ1n) is 7.89. The molecule has 0 unspecified atom stereocenters. The number of amides is 1. The van der Waals surface area contributed by atoms with Crippen LogP contribution in [0, 0.1) is 0 Å². The lowest BCUT2D eigenvalue weighted by Crippen LogP contribution is -2.36. The highest BCUT2D eigenvalue weighted by atomic mass is 35.5. The number of hydrogen-bond donors (Lipinski definition) is 1. The van der Waals surface area contributed by atoms with Crippen LogP contribution in [0.25, 0.3) is 0 Å². The van der Waals surface area contributed by atoms with Gasteiger partial charge in [0.15, 0.2) is 6.10 Å². The number of rotatable bonds is 8. The van der Waals surface area contributed by atoms with Gasteiger partial charge in [0.2, 0.25) is 10.0 Å². The van der Waals surface area contributed by atoms with Gasteiger partial charge in [0, 0.05) is 19.6 Å². The minimum Gasteiger partial charge on any atom is -0.449 e. The number of carbonyl (C=O) groups is 2. The Kier molecular flexibility index (Phi) is 7.80. The van der Waals surface area contributed by atoms with E-state index in [0.29, 0.717) is 0 Å². The zero-order valence-corrected chi connectivity index (χ0v) is 16.7. The standard InChI is InChI=1S/C17H23ClN2O5S/c1-6-9-19-16(21)12(4)25-17(22)14-10-13(7-8-15(14)18)26(23,24)20(5)11(2)3/h6-8,10-12H,1,9H2,2-5H3,(H,19,21)/t12-/m1/s1. The van der Waals surface area contributed by atoms with Crippen molar-refractivity contribution in [1.82, 2.24) is 9.62 Å². The van der Waals surface area contributed by atoms with Crippen molar-refractivity contribution in [2.45, 2.75) is 37.8 Å². The van der Waals surface area contributed by atoms with Gasteiger partial charge < -0.3 is 10.1 Å². The molecule has 1 rings (SSSR count). The highest BCUT2D eigenvalue weighted by Gasteiger charge is 2.26. The van der Waals surface area contributed by atoms with Crippen LogP contribution >= 0.6 is 11.6 Å². The van der Waals surface area contributed by atoms with Gasteiger partial charge in [0.1, 0.15) is 0 Å². The lowest BCUT2D eigenvalue weighted by atomic mass is 10.2. The number of hydrogen-bond acceptors (Lipinski definition) is 5. The summed E-state index contributed by atoms with van der Waals surface area (Å²) >= 11 is 6.01. The number of carbonyl (C=O) groups excluding carboxylic acids is 2. The summed E-state index contributed by atoms with van der Waals surface area (Å²) in [5.41, 5.74) is -0.131. The topological polar surface area (TPSA) is 92.8 Å². The normalized spacial score (nSPS) is 12.7. The third-order valence-corrected chi connectivity index (χ3v) is 5.99. The minimum absolute atomic E-state index is 0.0276. The Morgan fingerprint density at radius 2 is 1.96 bits per heavy atom. The predicted molar refractivity (Wildman–Crippen MR) is 99.6 cm³/mol. The summed E-state index contributed by atoms with van der Waals surface area (Å²) in [6.45, 7) is 8.56. The van der Waals surface area contributed by atoms with Crippen LogP contribution in [0.4, 0.5) is 0 Å². The lowest BCUT2D eigenvalue weighted by molar-refractivity contribution is -0.128. The number of nitrogens with zero attached hydrogens (tertiary/aromatic N) is 1. The van der Waals surface area contributed by atoms with Crippen molar-refractivity contribution in [3.05, 3.63) is 41.4 Å². The van der Waals surface area contributed by atoms with Crippen LogP contribution in [0.15, 0.2) is 35.7 Å². The number of nitrogens with one attached hydrogen (secondary N) is 1. The fourth-order valence-electron chi connectivity index (χ4n) is 1.86. The molecule has 7 nitrogen and oxygen atoms in total. The highest BCUT2D eigenvalue weighted by Crippen LogP contribution is 2.24. The van der Waals surface area contributed by atoms with Crippen LogP contribution in [0.3, 0.4) is 0 Å². The monoisotopic (exact) mass is 402 g/mol. The molecule has 0 heterocycles. The first-order chi connectivity index (χ1) is 12.0. The Labute approximate surface area is 159 Å². The summed E-state index contributed by atoms with van der Waals surface area (Å²) in [5.74, 6) is -1.39. The minimum atomic E-state index is -3.79. The van der Waals surface area contributed by atoms with E-state index in [1.807, 2.05) is 0 Å². The van der Waals surface area contributed by atoms with E-state index >= 15 is 0 Å². The van der Waals surface area contributed by atoms with E-state index in [1.54, 1.807) is 13.8 Å². The third kappa shape index (κ3) is 5.30. The molecule has 0 aliphatic carbocycles. The molecular formula is C17H23ClN2O5S. The van der Waals surface area contributed by atoms with Gasteiger partial charge in [-0.1, -0.05) is 17.7 Å². The zero-order valence-electron chi connectivity index (χ0n) is 15.2. The molecule has 1 amide bonds. The first-order valence-corrected chi connectivity index (χ1v) is 9.71. The van der Waals surface area contributed by atoms with Crippen LogP contribution in [0.5, 0.6) is 0 Å². The third-order valence-electron chi connectivity index (χ3n) is 3.64. The van der Waals surface area contributed by atoms with E-state index in [9.17, 15) is 18.0 Å². The van der Waals surface area contributed by atoms with Crippen molar-refractivity contribution in [2.24, 2.45) is 0 Å². The summed E-state index contributed by atoms with van der Waals surface area (Å²) in [4.78, 5) is 24.0. The molecule has 144 valence electrons. The van der Waals surface area contributed by atoms with Gasteiger partial charge >= 0.3 is 5.97 Å². The molecule has 0 spiro atoms. The number of halogens is 1. The fourth-order valence-corrected chi connectivity index (χ4v) is 3.45. The quantitative estimate of drug-likeness (QED) is 0.531. The Balaban J connectivity index is 3.09. The molecule has 0 aliphatic rings. The summed E-state index contributed by atoms with van der Waals surface area (Å²) in [5, 5.41) is 2.52. The average molecular weight is 403 g/mol. The van der Waals surface area contributed by atoms with Crippen LogP contribution in [0.1, 0.15) is 31.1 Å². The van der Waals surface area contributed by atoms with Crippen molar-refractivity contribution in [3.8, 4) is 0 Å². The molecule has 26 heavy (non-hydrogen) atoms. The molecule has 1 atom stereocenters. The van der Waals surface area contributed by atoms with Gasteiger partial charge in [-0.05, 0) is 39.0 Å². The fraction of sp³-hybridized carbons (Fsp3) is 0.412. The van der Waals surface area contributed by atoms with E-state index in [2.05, 4.69) is 11.9 Å². The first kappa shape index (κ1) is 22.1. The number of benzene rings is 1. The highest BCUT2D eigenvalue weighted by molar-refractivity contribution is 7.89. The molecule has 1 aromatic rings. The van der Waals surface area contributed by atoms with Crippen LogP contribution in [-0.4, -0.2) is 50.3 Å². The number of sulfonamides is 1. The van der Waals surface area contributed by atoms with Gasteiger partial charge in [-0.15, -0.1) is 6.58 Å². The summed E-state index contributed by atoms with van der Waals surface area (Å²) in [7, 11) is -2.35. The zero-order chi connectivity index (χ0) is 20.1. The molecule has 0 radical (unpaired) electrons. The Morgan fingerprint density at radius 1 is 1.35 bits per heavy atom. The lowest BCUT2D eigenvalue weighted by Gasteiger charge is -2.21. The van der Waals surface area contributed by atoms with E-state index in [-0.39, 0.29) is 28.1 Å². The van der Waals surface area contributed by atoms with Crippen molar-refractivity contribution in [3.63, 3.8) is 0 Å². The SMILES string of the molecule is C=CCNC(=O)[C@@H](C)OC(=O)c1cc(S(=O)(=O)N(C)C(C)C)ccc1Cl. The van der Waals surface area contributed by atoms with E-state index in [1.165, 1.54) is 36.5 Å². The van der Waals surface area contributed by atoms with Crippen LogP contribution in [-0.2, 0) is 19.6 Å².